The number of thioether (sulfide) groups is 1. The number of rotatable bonds is 5. The maximum absolute atomic E-state index is 14.0. The van der Waals surface area contributed by atoms with Crippen LogP contribution in [-0.2, 0) is 0 Å². The van der Waals surface area contributed by atoms with Crippen molar-refractivity contribution in [3.05, 3.63) is 29.6 Å². The highest BCUT2D eigenvalue weighted by atomic mass is 32.2. The first-order valence-electron chi connectivity index (χ1n) is 6.56. The molecule has 1 N–H and O–H groups in total. The number of hydrogen-bond acceptors (Lipinski definition) is 2. The Morgan fingerprint density at radius 2 is 2.00 bits per heavy atom. The van der Waals surface area contributed by atoms with Gasteiger partial charge in [0, 0.05) is 15.7 Å². The van der Waals surface area contributed by atoms with Gasteiger partial charge in [0.2, 0.25) is 0 Å². The van der Waals surface area contributed by atoms with Gasteiger partial charge in [-0.05, 0) is 31.5 Å². The van der Waals surface area contributed by atoms with Crippen LogP contribution >= 0.6 is 11.8 Å². The largest absolute Gasteiger partial charge is 0.310 e. The molecule has 1 nitrogen and oxygen atoms in total. The summed E-state index contributed by atoms with van der Waals surface area (Å²) in [6.45, 7) is 11.5. The number of hydrogen-bond donors (Lipinski definition) is 1. The second-order valence-corrected chi connectivity index (χ2v) is 7.39. The van der Waals surface area contributed by atoms with Crippen molar-refractivity contribution in [2.75, 3.05) is 6.54 Å². The van der Waals surface area contributed by atoms with Crippen LogP contribution in [0.1, 0.15) is 52.6 Å². The quantitative estimate of drug-likeness (QED) is 0.772. The van der Waals surface area contributed by atoms with Gasteiger partial charge in [0.25, 0.3) is 0 Å². The summed E-state index contributed by atoms with van der Waals surface area (Å²) < 4.78 is 14.0. The Labute approximate surface area is 115 Å². The first-order valence-corrected chi connectivity index (χ1v) is 7.37. The van der Waals surface area contributed by atoms with Crippen molar-refractivity contribution < 1.29 is 4.39 Å². The second kappa shape index (κ2) is 6.58. The van der Waals surface area contributed by atoms with E-state index in [0.29, 0.717) is 0 Å². The van der Waals surface area contributed by atoms with Crippen LogP contribution in [-0.4, -0.2) is 11.3 Å². The van der Waals surface area contributed by atoms with E-state index in [1.165, 1.54) is 0 Å². The van der Waals surface area contributed by atoms with E-state index in [4.69, 9.17) is 0 Å². The fourth-order valence-electron chi connectivity index (χ4n) is 1.75. The average molecular weight is 269 g/mol. The van der Waals surface area contributed by atoms with E-state index in [-0.39, 0.29) is 16.6 Å². The molecular weight excluding hydrogens is 245 g/mol. The summed E-state index contributed by atoms with van der Waals surface area (Å²) >= 11 is 1.60. The summed E-state index contributed by atoms with van der Waals surface area (Å²) in [7, 11) is 0. The van der Waals surface area contributed by atoms with Crippen molar-refractivity contribution in [2.45, 2.75) is 56.7 Å². The van der Waals surface area contributed by atoms with Gasteiger partial charge < -0.3 is 5.32 Å². The van der Waals surface area contributed by atoms with Gasteiger partial charge in [-0.1, -0.05) is 39.8 Å². The lowest BCUT2D eigenvalue weighted by atomic mass is 10.1. The summed E-state index contributed by atoms with van der Waals surface area (Å²) in [5.41, 5.74) is 1.06. The predicted molar refractivity (Wildman–Crippen MR) is 78.7 cm³/mol. The lowest BCUT2D eigenvalue weighted by Gasteiger charge is -2.23. The smallest absolute Gasteiger partial charge is 0.137 e. The molecule has 18 heavy (non-hydrogen) atoms. The van der Waals surface area contributed by atoms with Crippen LogP contribution in [0.2, 0.25) is 0 Å². The summed E-state index contributed by atoms with van der Waals surface area (Å²) in [6.07, 6.45) is 1.08. The molecule has 0 spiro atoms. The van der Waals surface area contributed by atoms with Crippen molar-refractivity contribution >= 4 is 11.8 Å². The average Bonchev–Trinajstić information content (AvgIpc) is 2.27. The Bertz CT molecular complexity index is 385. The van der Waals surface area contributed by atoms with Gasteiger partial charge in [-0.15, -0.1) is 11.8 Å². The first-order chi connectivity index (χ1) is 8.35. The van der Waals surface area contributed by atoms with Crippen molar-refractivity contribution in [3.63, 3.8) is 0 Å². The molecule has 0 aliphatic heterocycles. The molecule has 1 aromatic carbocycles. The van der Waals surface area contributed by atoms with Gasteiger partial charge in [-0.3, -0.25) is 0 Å². The molecule has 1 unspecified atom stereocenters. The standard InChI is InChI=1S/C15H24FNS/c1-6-10-17-11(2)12-8-7-9-13(16)14(12)18-15(3,4)5/h7-9,11,17H,6,10H2,1-5H3. The lowest BCUT2D eigenvalue weighted by molar-refractivity contribution is 0.542. The van der Waals surface area contributed by atoms with E-state index < -0.39 is 0 Å². The van der Waals surface area contributed by atoms with Crippen LogP contribution in [0.3, 0.4) is 0 Å². The van der Waals surface area contributed by atoms with Crippen molar-refractivity contribution in [3.8, 4) is 0 Å². The fourth-order valence-corrected chi connectivity index (χ4v) is 2.89. The zero-order valence-corrected chi connectivity index (χ0v) is 12.8. The van der Waals surface area contributed by atoms with Gasteiger partial charge >= 0.3 is 0 Å². The zero-order valence-electron chi connectivity index (χ0n) is 12.0. The molecule has 1 aromatic rings. The van der Waals surface area contributed by atoms with E-state index in [0.717, 1.165) is 23.4 Å². The molecule has 0 aromatic heterocycles. The summed E-state index contributed by atoms with van der Waals surface area (Å²) in [5, 5.41) is 3.42. The topological polar surface area (TPSA) is 12.0 Å². The summed E-state index contributed by atoms with van der Waals surface area (Å²) in [6, 6.07) is 5.54. The summed E-state index contributed by atoms with van der Waals surface area (Å²) in [5.74, 6) is -0.113. The molecule has 0 radical (unpaired) electrons. The monoisotopic (exact) mass is 269 g/mol. The third-order valence-electron chi connectivity index (χ3n) is 2.57. The van der Waals surface area contributed by atoms with E-state index in [1.807, 2.05) is 6.07 Å². The molecule has 0 saturated carbocycles. The van der Waals surface area contributed by atoms with Gasteiger partial charge in [-0.2, -0.15) is 0 Å². The van der Waals surface area contributed by atoms with E-state index in [1.54, 1.807) is 23.9 Å². The summed E-state index contributed by atoms with van der Waals surface area (Å²) in [4.78, 5) is 0.779. The molecule has 102 valence electrons. The van der Waals surface area contributed by atoms with Crippen LogP contribution in [0.15, 0.2) is 23.1 Å². The maximum atomic E-state index is 14.0. The van der Waals surface area contributed by atoms with Gasteiger partial charge in [0.1, 0.15) is 5.82 Å². The Morgan fingerprint density at radius 1 is 1.33 bits per heavy atom. The minimum Gasteiger partial charge on any atom is -0.310 e. The van der Waals surface area contributed by atoms with Gasteiger partial charge in [0.05, 0.1) is 0 Å². The van der Waals surface area contributed by atoms with Crippen molar-refractivity contribution in [1.82, 2.24) is 5.32 Å². The van der Waals surface area contributed by atoms with E-state index in [9.17, 15) is 4.39 Å². The molecule has 0 bridgehead atoms. The lowest BCUT2D eigenvalue weighted by Crippen LogP contribution is -2.21. The van der Waals surface area contributed by atoms with Gasteiger partial charge in [0.15, 0.2) is 0 Å². The number of benzene rings is 1. The van der Waals surface area contributed by atoms with E-state index in [2.05, 4.69) is 39.9 Å². The Kier molecular flexibility index (Phi) is 5.67. The highest BCUT2D eigenvalue weighted by Crippen LogP contribution is 2.38. The zero-order chi connectivity index (χ0) is 13.8. The second-order valence-electron chi connectivity index (χ2n) is 5.55. The van der Waals surface area contributed by atoms with Crippen LogP contribution in [0, 0.1) is 5.82 Å². The molecule has 0 saturated heterocycles. The molecular formula is C15H24FNS. The Hall–Kier alpha value is -0.540. The highest BCUT2D eigenvalue weighted by Gasteiger charge is 2.20. The molecule has 0 fully saturated rings. The van der Waals surface area contributed by atoms with E-state index >= 15 is 0 Å². The predicted octanol–water partition coefficient (Wildman–Crippen LogP) is 4.78. The number of halogens is 1. The highest BCUT2D eigenvalue weighted by molar-refractivity contribution is 8.00. The van der Waals surface area contributed by atoms with Crippen molar-refractivity contribution in [2.24, 2.45) is 0 Å². The molecule has 0 amide bonds. The van der Waals surface area contributed by atoms with Crippen molar-refractivity contribution in [1.29, 1.82) is 0 Å². The fraction of sp³-hybridized carbons (Fsp3) is 0.600. The molecule has 0 aliphatic rings. The van der Waals surface area contributed by atoms with Crippen LogP contribution in [0.4, 0.5) is 4.39 Å². The SMILES string of the molecule is CCCNC(C)c1cccc(F)c1SC(C)(C)C. The minimum atomic E-state index is -0.113. The van der Waals surface area contributed by atoms with Crippen LogP contribution < -0.4 is 5.32 Å². The number of nitrogens with one attached hydrogen (secondary N) is 1. The van der Waals surface area contributed by atoms with Gasteiger partial charge in [-0.25, -0.2) is 4.39 Å². The first kappa shape index (κ1) is 15.5. The van der Waals surface area contributed by atoms with Crippen LogP contribution in [0.25, 0.3) is 0 Å². The molecule has 0 aliphatic carbocycles. The third kappa shape index (κ3) is 4.62. The maximum Gasteiger partial charge on any atom is 0.137 e. The molecule has 1 atom stereocenters. The third-order valence-corrected chi connectivity index (χ3v) is 3.82. The minimum absolute atomic E-state index is 0.0153. The molecule has 3 heteroatoms. The molecule has 0 heterocycles. The normalized spacial score (nSPS) is 13.7. The molecule has 1 rings (SSSR count). The Balaban J connectivity index is 3.00. The Morgan fingerprint density at radius 3 is 2.56 bits per heavy atom. The van der Waals surface area contributed by atoms with Crippen LogP contribution in [0.5, 0.6) is 0 Å².